The van der Waals surface area contributed by atoms with E-state index in [-0.39, 0.29) is 12.5 Å². The number of amides is 2. The van der Waals surface area contributed by atoms with Gasteiger partial charge in [-0.15, -0.1) is 0 Å². The van der Waals surface area contributed by atoms with Gasteiger partial charge in [-0.1, -0.05) is 6.07 Å². The average molecular weight is 278 g/mol. The zero-order valence-corrected chi connectivity index (χ0v) is 11.1. The van der Waals surface area contributed by atoms with Gasteiger partial charge >= 0.3 is 5.97 Å². The Labute approximate surface area is 115 Å². The van der Waals surface area contributed by atoms with E-state index in [9.17, 15) is 14.4 Å². The standard InChI is InChI=1S/C7H10N2O4.C6H4O/c1-4(10)8-6-3-9(7(6)12)13-5(2)11;1-2-5-4-6(3-1)7-5/h6H,3H2,1-2H3,(H,8,10);1-4H. The molecule has 0 radical (unpaired) electrons. The predicted octanol–water partition coefficient (Wildman–Crippen LogP) is 0.604. The SMILES string of the molecule is CC(=O)NC1CN(OC(C)=O)C1=O.c1cc2cc(c1)O2. The highest BCUT2D eigenvalue weighted by atomic mass is 16.7. The fraction of sp³-hybridized carbons (Fsp3) is 0.308. The lowest BCUT2D eigenvalue weighted by atomic mass is 10.1. The quantitative estimate of drug-likeness (QED) is 0.813. The monoisotopic (exact) mass is 278 g/mol. The Morgan fingerprint density at radius 2 is 1.95 bits per heavy atom. The van der Waals surface area contributed by atoms with Crippen LogP contribution < -0.4 is 10.1 Å². The van der Waals surface area contributed by atoms with E-state index >= 15 is 0 Å². The number of fused-ring (bicyclic) bond motifs is 2. The van der Waals surface area contributed by atoms with Gasteiger partial charge in [0, 0.05) is 19.9 Å². The summed E-state index contributed by atoms with van der Waals surface area (Å²) in [4.78, 5) is 36.5. The third-order valence-corrected chi connectivity index (χ3v) is 2.55. The van der Waals surface area contributed by atoms with Crippen LogP contribution in [0.4, 0.5) is 0 Å². The molecule has 0 aromatic heterocycles. The van der Waals surface area contributed by atoms with Crippen molar-refractivity contribution in [1.82, 2.24) is 10.4 Å². The molecule has 0 spiro atoms. The lowest BCUT2D eigenvalue weighted by Crippen LogP contribution is -2.63. The van der Waals surface area contributed by atoms with E-state index in [1.54, 1.807) is 0 Å². The molecule has 7 heteroatoms. The van der Waals surface area contributed by atoms with Crippen LogP contribution in [0, 0.1) is 0 Å². The first-order valence-corrected chi connectivity index (χ1v) is 6.00. The number of nitrogens with zero attached hydrogens (tertiary/aromatic N) is 1. The van der Waals surface area contributed by atoms with E-state index in [1.807, 2.05) is 24.3 Å². The molecule has 0 saturated carbocycles. The first-order valence-electron chi connectivity index (χ1n) is 6.00. The molecule has 2 amide bonds. The number of nitrogens with one attached hydrogen (secondary N) is 1. The number of carbonyl (C=O) groups is 3. The highest BCUT2D eigenvalue weighted by Crippen LogP contribution is 2.32. The van der Waals surface area contributed by atoms with Crippen LogP contribution in [0.1, 0.15) is 13.8 Å². The molecular formula is C13H14N2O5. The van der Waals surface area contributed by atoms with Crippen molar-refractivity contribution >= 4 is 17.8 Å². The maximum Gasteiger partial charge on any atom is 0.329 e. The molecule has 7 nitrogen and oxygen atoms in total. The maximum atomic E-state index is 11.1. The van der Waals surface area contributed by atoms with Crippen LogP contribution in [0.5, 0.6) is 11.5 Å². The van der Waals surface area contributed by atoms with Gasteiger partial charge in [0.15, 0.2) is 0 Å². The van der Waals surface area contributed by atoms with E-state index in [2.05, 4.69) is 10.2 Å². The van der Waals surface area contributed by atoms with Crippen LogP contribution in [0.3, 0.4) is 0 Å². The van der Waals surface area contributed by atoms with Gasteiger partial charge in [-0.25, -0.2) is 0 Å². The van der Waals surface area contributed by atoms with Crippen LogP contribution in [0.2, 0.25) is 0 Å². The highest BCUT2D eigenvalue weighted by molar-refractivity contribution is 5.91. The molecule has 1 atom stereocenters. The second-order valence-corrected chi connectivity index (χ2v) is 4.31. The molecule has 20 heavy (non-hydrogen) atoms. The summed E-state index contributed by atoms with van der Waals surface area (Å²) in [5.74, 6) is 0.746. The van der Waals surface area contributed by atoms with Gasteiger partial charge in [0.2, 0.25) is 5.91 Å². The Hall–Kier alpha value is -2.57. The molecule has 1 fully saturated rings. The Balaban J connectivity index is 0.000000173. The molecule has 0 aliphatic carbocycles. The van der Waals surface area contributed by atoms with Crippen molar-refractivity contribution < 1.29 is 24.0 Å². The summed E-state index contributed by atoms with van der Waals surface area (Å²) in [5, 5.41) is 3.33. The van der Waals surface area contributed by atoms with Gasteiger partial charge in [0.1, 0.15) is 17.5 Å². The molecule has 3 heterocycles. The third-order valence-electron chi connectivity index (χ3n) is 2.55. The van der Waals surface area contributed by atoms with E-state index in [0.717, 1.165) is 16.6 Å². The van der Waals surface area contributed by atoms with Crippen LogP contribution in [0.15, 0.2) is 24.3 Å². The molecule has 1 aromatic rings. The summed E-state index contributed by atoms with van der Waals surface area (Å²) in [5.41, 5.74) is 0. The lowest BCUT2D eigenvalue weighted by molar-refractivity contribution is -0.215. The molecule has 1 N–H and O–H groups in total. The lowest BCUT2D eigenvalue weighted by Gasteiger charge is -2.35. The van der Waals surface area contributed by atoms with Crippen molar-refractivity contribution in [1.29, 1.82) is 0 Å². The predicted molar refractivity (Wildman–Crippen MR) is 67.6 cm³/mol. The second kappa shape index (κ2) is 5.60. The Bertz CT molecular complexity index is 509. The molecule has 4 rings (SSSR count). The number of carbonyl (C=O) groups excluding carboxylic acids is 3. The Morgan fingerprint density at radius 3 is 2.25 bits per heavy atom. The molecular weight excluding hydrogens is 264 g/mol. The third kappa shape index (κ3) is 3.25. The molecule has 1 unspecified atom stereocenters. The number of β-lactam (4-membered cyclic amide) rings is 1. The van der Waals surface area contributed by atoms with E-state index in [0.29, 0.717) is 0 Å². The second-order valence-electron chi connectivity index (χ2n) is 4.31. The van der Waals surface area contributed by atoms with Crippen molar-refractivity contribution in [3.8, 4) is 11.5 Å². The van der Waals surface area contributed by atoms with Gasteiger partial charge < -0.3 is 14.9 Å². The molecule has 3 aliphatic heterocycles. The highest BCUT2D eigenvalue weighted by Gasteiger charge is 2.39. The molecule has 2 bridgehead atoms. The van der Waals surface area contributed by atoms with Crippen molar-refractivity contribution in [2.75, 3.05) is 6.54 Å². The number of benzene rings is 1. The summed E-state index contributed by atoms with van der Waals surface area (Å²) in [6, 6.07) is 7.31. The number of hydrogen-bond donors (Lipinski definition) is 1. The number of ether oxygens (including phenoxy) is 1. The normalized spacial score (nSPS) is 17.6. The molecule has 1 saturated heterocycles. The van der Waals surface area contributed by atoms with Crippen LogP contribution in [0.25, 0.3) is 0 Å². The summed E-state index contributed by atoms with van der Waals surface area (Å²) in [6.07, 6.45) is 0. The fourth-order valence-corrected chi connectivity index (χ4v) is 1.66. The van der Waals surface area contributed by atoms with Gasteiger partial charge in [-0.3, -0.25) is 14.4 Å². The maximum absolute atomic E-state index is 11.1. The Kier molecular flexibility index (Phi) is 3.88. The number of hydrogen-bond acceptors (Lipinski definition) is 5. The van der Waals surface area contributed by atoms with Gasteiger partial charge in [0.25, 0.3) is 5.91 Å². The van der Waals surface area contributed by atoms with Gasteiger partial charge in [-0.05, 0) is 12.1 Å². The first-order chi connectivity index (χ1) is 9.45. The fourth-order valence-electron chi connectivity index (χ4n) is 1.66. The largest absolute Gasteiger partial charge is 0.457 e. The van der Waals surface area contributed by atoms with Crippen molar-refractivity contribution in [2.45, 2.75) is 19.9 Å². The van der Waals surface area contributed by atoms with Gasteiger partial charge in [-0.2, -0.15) is 5.06 Å². The smallest absolute Gasteiger partial charge is 0.329 e. The Morgan fingerprint density at radius 1 is 1.35 bits per heavy atom. The van der Waals surface area contributed by atoms with Crippen molar-refractivity contribution in [2.24, 2.45) is 0 Å². The topological polar surface area (TPSA) is 84.9 Å². The summed E-state index contributed by atoms with van der Waals surface area (Å²) >= 11 is 0. The van der Waals surface area contributed by atoms with Crippen molar-refractivity contribution in [3.05, 3.63) is 24.3 Å². The number of rotatable bonds is 2. The minimum absolute atomic E-state index is 0.220. The van der Waals surface area contributed by atoms with E-state index in [4.69, 9.17) is 4.74 Å². The first kappa shape index (κ1) is 13.9. The van der Waals surface area contributed by atoms with Crippen LogP contribution >= 0.6 is 0 Å². The minimum atomic E-state index is -0.547. The molecule has 106 valence electrons. The minimum Gasteiger partial charge on any atom is -0.457 e. The van der Waals surface area contributed by atoms with Gasteiger partial charge in [0.05, 0.1) is 6.54 Å². The zero-order valence-electron chi connectivity index (χ0n) is 11.1. The summed E-state index contributed by atoms with van der Waals surface area (Å²) in [7, 11) is 0. The van der Waals surface area contributed by atoms with Crippen LogP contribution in [-0.4, -0.2) is 35.4 Å². The summed E-state index contributed by atoms with van der Waals surface area (Å²) in [6.45, 7) is 2.75. The van der Waals surface area contributed by atoms with Crippen LogP contribution in [-0.2, 0) is 19.2 Å². The number of hydroxylamine groups is 2. The van der Waals surface area contributed by atoms with E-state index in [1.165, 1.54) is 13.8 Å². The molecule has 3 aliphatic rings. The zero-order chi connectivity index (χ0) is 14.7. The van der Waals surface area contributed by atoms with Crippen molar-refractivity contribution in [3.63, 3.8) is 0 Å². The summed E-state index contributed by atoms with van der Waals surface area (Å²) < 4.78 is 5.01. The van der Waals surface area contributed by atoms with E-state index < -0.39 is 17.9 Å². The molecule has 1 aromatic carbocycles. The average Bonchev–Trinajstić information content (AvgIpc) is 2.37.